The van der Waals surface area contributed by atoms with Gasteiger partial charge in [-0.1, -0.05) is 24.3 Å². The lowest BCUT2D eigenvalue weighted by Gasteiger charge is -2.18. The number of aromatic hydroxyl groups is 1. The number of benzene rings is 2. The number of aryl methyl sites for hydroxylation is 3. The van der Waals surface area contributed by atoms with E-state index >= 15 is 0 Å². The number of guanidine groups is 1. The number of phenolic OH excluding ortho intramolecular Hbond substituents is 1. The van der Waals surface area contributed by atoms with Crippen LogP contribution in [0.4, 0.5) is 0 Å². The number of hydrogen-bond acceptors (Lipinski definition) is 4. The van der Waals surface area contributed by atoms with E-state index in [9.17, 15) is 5.11 Å². The number of rotatable bonds is 7. The van der Waals surface area contributed by atoms with Crippen LogP contribution in [0.5, 0.6) is 11.5 Å². The molecule has 1 fully saturated rings. The van der Waals surface area contributed by atoms with Gasteiger partial charge in [0.15, 0.2) is 5.96 Å². The largest absolute Gasteiger partial charge is 0.507 e. The maximum absolute atomic E-state index is 9.97. The second-order valence-electron chi connectivity index (χ2n) is 7.84. The monoisotopic (exact) mass is 539 g/mol. The van der Waals surface area contributed by atoms with Crippen molar-refractivity contribution in [1.29, 1.82) is 0 Å². The molecule has 0 aliphatic carbocycles. The molecule has 1 atom stereocenters. The number of aliphatic imine (C=N–C) groups is 1. The van der Waals surface area contributed by atoms with Crippen molar-refractivity contribution in [3.05, 3.63) is 58.1 Å². The molecule has 0 spiro atoms. The van der Waals surface area contributed by atoms with Gasteiger partial charge in [0.25, 0.3) is 0 Å². The molecule has 3 rings (SSSR count). The Kier molecular flexibility index (Phi) is 9.90. The average molecular weight is 539 g/mol. The lowest BCUT2D eigenvalue weighted by Crippen LogP contribution is -2.37. The van der Waals surface area contributed by atoms with Crippen molar-refractivity contribution in [2.75, 3.05) is 19.8 Å². The minimum Gasteiger partial charge on any atom is -0.507 e. The first-order valence-corrected chi connectivity index (χ1v) is 10.6. The highest BCUT2D eigenvalue weighted by molar-refractivity contribution is 14.0. The highest BCUT2D eigenvalue weighted by Crippen LogP contribution is 2.24. The van der Waals surface area contributed by atoms with E-state index < -0.39 is 0 Å². The minimum absolute atomic E-state index is 0. The fourth-order valence-corrected chi connectivity index (χ4v) is 3.53. The molecule has 2 aromatic rings. The highest BCUT2D eigenvalue weighted by atomic mass is 127. The third-order valence-electron chi connectivity index (χ3n) is 5.17. The van der Waals surface area contributed by atoms with Gasteiger partial charge >= 0.3 is 0 Å². The second kappa shape index (κ2) is 12.1. The number of nitrogens with one attached hydrogen (secondary N) is 2. The van der Waals surface area contributed by atoms with Gasteiger partial charge in [-0.3, -0.25) is 0 Å². The van der Waals surface area contributed by atoms with Gasteiger partial charge in [0.2, 0.25) is 0 Å². The Morgan fingerprint density at radius 1 is 1.16 bits per heavy atom. The van der Waals surface area contributed by atoms with Gasteiger partial charge in [0, 0.05) is 25.1 Å². The lowest BCUT2D eigenvalue weighted by atomic mass is 10.1. The van der Waals surface area contributed by atoms with Gasteiger partial charge in [0.1, 0.15) is 17.6 Å². The van der Waals surface area contributed by atoms with Crippen molar-refractivity contribution in [2.24, 2.45) is 4.99 Å². The predicted octanol–water partition coefficient (Wildman–Crippen LogP) is 4.36. The van der Waals surface area contributed by atoms with E-state index in [4.69, 9.17) is 14.5 Å². The van der Waals surface area contributed by atoms with Gasteiger partial charge in [-0.15, -0.1) is 24.0 Å². The summed E-state index contributed by atoms with van der Waals surface area (Å²) in [7, 11) is 0. The molecular formula is C24H34IN3O3. The van der Waals surface area contributed by atoms with Crippen molar-refractivity contribution in [3.63, 3.8) is 0 Å². The van der Waals surface area contributed by atoms with Gasteiger partial charge in [0.05, 0.1) is 19.8 Å². The Morgan fingerprint density at radius 2 is 1.90 bits per heavy atom. The van der Waals surface area contributed by atoms with Crippen molar-refractivity contribution in [3.8, 4) is 11.5 Å². The van der Waals surface area contributed by atoms with E-state index in [0.717, 1.165) is 53.5 Å². The van der Waals surface area contributed by atoms with Crippen LogP contribution < -0.4 is 15.4 Å². The zero-order valence-electron chi connectivity index (χ0n) is 18.8. The van der Waals surface area contributed by atoms with Crippen LogP contribution in [0.1, 0.15) is 41.2 Å². The number of nitrogens with zero attached hydrogens (tertiary/aromatic N) is 1. The third kappa shape index (κ3) is 7.28. The summed E-state index contributed by atoms with van der Waals surface area (Å²) < 4.78 is 11.6. The summed E-state index contributed by atoms with van der Waals surface area (Å²) in [5.74, 6) is 2.00. The van der Waals surface area contributed by atoms with E-state index in [1.165, 1.54) is 5.56 Å². The molecule has 0 saturated carbocycles. The van der Waals surface area contributed by atoms with E-state index in [1.54, 1.807) is 0 Å². The standard InChI is InChI=1S/C24H33N3O3.HI/c1-5-25-24(26-13-19-11-17(3)23(28)18(4)12-19)27-14-20-7-6-16(2)10-22(20)30-21-8-9-29-15-21;/h6-7,10-12,21,28H,5,8-9,13-15H2,1-4H3,(H2,25,26,27);1H. The molecule has 0 aromatic heterocycles. The summed E-state index contributed by atoms with van der Waals surface area (Å²) in [4.78, 5) is 4.71. The van der Waals surface area contributed by atoms with Crippen LogP contribution in [0.15, 0.2) is 35.3 Å². The molecule has 1 saturated heterocycles. The molecule has 1 aliphatic heterocycles. The minimum atomic E-state index is 0. The van der Waals surface area contributed by atoms with Gasteiger partial charge < -0.3 is 25.2 Å². The van der Waals surface area contributed by atoms with Crippen molar-refractivity contribution in [1.82, 2.24) is 10.6 Å². The average Bonchev–Trinajstić information content (AvgIpc) is 3.22. The van der Waals surface area contributed by atoms with Crippen LogP contribution in [-0.2, 0) is 17.8 Å². The Balaban J connectivity index is 0.00000341. The molecule has 31 heavy (non-hydrogen) atoms. The van der Waals surface area contributed by atoms with Crippen molar-refractivity contribution in [2.45, 2.75) is 53.3 Å². The van der Waals surface area contributed by atoms with E-state index in [2.05, 4.69) is 35.8 Å². The maximum atomic E-state index is 9.97. The molecule has 1 aliphatic rings. The summed E-state index contributed by atoms with van der Waals surface area (Å²) in [6.07, 6.45) is 1.05. The van der Waals surface area contributed by atoms with E-state index in [0.29, 0.717) is 25.4 Å². The van der Waals surface area contributed by atoms with Crippen LogP contribution in [0.25, 0.3) is 0 Å². The quantitative estimate of drug-likeness (QED) is 0.277. The van der Waals surface area contributed by atoms with Gasteiger partial charge in [-0.2, -0.15) is 0 Å². The number of hydrogen-bond donors (Lipinski definition) is 3. The molecule has 0 radical (unpaired) electrons. The molecular weight excluding hydrogens is 505 g/mol. The summed E-state index contributed by atoms with van der Waals surface area (Å²) in [6.45, 7) is 11.3. The first kappa shape index (κ1) is 25.3. The Labute approximate surface area is 202 Å². The molecule has 3 N–H and O–H groups in total. The maximum Gasteiger partial charge on any atom is 0.191 e. The Morgan fingerprint density at radius 3 is 2.55 bits per heavy atom. The SMILES string of the molecule is CCNC(=NCc1cc(C)c(O)c(C)c1)NCc1ccc(C)cc1OC1CCOC1.I. The number of ether oxygens (including phenoxy) is 2. The highest BCUT2D eigenvalue weighted by Gasteiger charge is 2.18. The second-order valence-corrected chi connectivity index (χ2v) is 7.84. The molecule has 1 unspecified atom stereocenters. The Hall–Kier alpha value is -2.00. The smallest absolute Gasteiger partial charge is 0.191 e. The van der Waals surface area contributed by atoms with Crippen molar-refractivity contribution >= 4 is 29.9 Å². The molecule has 0 bridgehead atoms. The molecule has 2 aromatic carbocycles. The normalized spacial score (nSPS) is 16.0. The number of phenols is 1. The first-order chi connectivity index (χ1) is 14.5. The topological polar surface area (TPSA) is 75.1 Å². The summed E-state index contributed by atoms with van der Waals surface area (Å²) >= 11 is 0. The zero-order valence-corrected chi connectivity index (χ0v) is 21.2. The van der Waals surface area contributed by atoms with E-state index in [-0.39, 0.29) is 30.1 Å². The van der Waals surface area contributed by atoms with Crippen LogP contribution in [0.3, 0.4) is 0 Å². The summed E-state index contributed by atoms with van der Waals surface area (Å²) in [6, 6.07) is 10.2. The van der Waals surface area contributed by atoms with Crippen LogP contribution in [0.2, 0.25) is 0 Å². The molecule has 170 valence electrons. The van der Waals surface area contributed by atoms with Crippen molar-refractivity contribution < 1.29 is 14.6 Å². The summed E-state index contributed by atoms with van der Waals surface area (Å²) in [5, 5.41) is 16.7. The fraction of sp³-hybridized carbons (Fsp3) is 0.458. The van der Waals surface area contributed by atoms with Gasteiger partial charge in [-0.05, 0) is 56.0 Å². The fourth-order valence-electron chi connectivity index (χ4n) is 3.53. The molecule has 0 amide bonds. The third-order valence-corrected chi connectivity index (χ3v) is 5.17. The zero-order chi connectivity index (χ0) is 21.5. The van der Waals surface area contributed by atoms with Crippen LogP contribution >= 0.6 is 24.0 Å². The van der Waals surface area contributed by atoms with Crippen LogP contribution in [-0.4, -0.2) is 36.9 Å². The molecule has 6 nitrogen and oxygen atoms in total. The summed E-state index contributed by atoms with van der Waals surface area (Å²) in [5.41, 5.74) is 5.08. The van der Waals surface area contributed by atoms with Crippen LogP contribution in [0, 0.1) is 20.8 Å². The predicted molar refractivity (Wildman–Crippen MR) is 136 cm³/mol. The first-order valence-electron chi connectivity index (χ1n) is 10.6. The lowest BCUT2D eigenvalue weighted by molar-refractivity contribution is 0.140. The van der Waals surface area contributed by atoms with E-state index in [1.807, 2.05) is 32.9 Å². The van der Waals surface area contributed by atoms with Gasteiger partial charge in [-0.25, -0.2) is 4.99 Å². The molecule has 1 heterocycles. The Bertz CT molecular complexity index is 873. The molecule has 7 heteroatoms. The number of halogens is 1.